The van der Waals surface area contributed by atoms with Crippen molar-refractivity contribution in [1.29, 1.82) is 0 Å². The van der Waals surface area contributed by atoms with Crippen molar-refractivity contribution in [2.45, 2.75) is 93.4 Å². The Balaban J connectivity index is 0.928. The highest BCUT2D eigenvalue weighted by atomic mass is 31.2. The van der Waals surface area contributed by atoms with Crippen LogP contribution in [0.15, 0.2) is 218 Å². The van der Waals surface area contributed by atoms with Crippen molar-refractivity contribution in [2.24, 2.45) is 0 Å². The molecule has 2 fully saturated rings. The standard InChI is InChI=1S/C65H65F4N2P3/c66-55-35-17-21-39-61(55)72(62-40-22-18-36-56(62)67)70(65-53(49-27-9-5-10-28-49)43-44-54(65)50-29-11-6-12-30-50)47-25-3-1-2-4-26-48-71(74(63-41-23-19-37-57(63)68)64-42-24-20-38-58(64)69)73-59(51-31-13-7-14-32-51)45-46-60(73)52-33-15-8-16-34-52/h5-24,27-42,53-54,59-60,65H,1-4,25-26,43-48H2/t53-,54-,59+,60+/m0/s1. The summed E-state index contributed by atoms with van der Waals surface area (Å²) in [5.74, 6) is -0.833. The minimum Gasteiger partial charge on any atom is -0.270 e. The quantitative estimate of drug-likeness (QED) is 0.0402. The van der Waals surface area contributed by atoms with Crippen LogP contribution >= 0.6 is 24.2 Å². The summed E-state index contributed by atoms with van der Waals surface area (Å²) >= 11 is 0. The Bertz CT molecular complexity index is 2610. The van der Waals surface area contributed by atoms with E-state index >= 15 is 17.6 Å². The molecular formula is C65H65F4N2P3. The van der Waals surface area contributed by atoms with Crippen molar-refractivity contribution >= 4 is 45.4 Å². The second-order valence-corrected chi connectivity index (χ2v) is 26.7. The molecular weight excluding hydrogens is 978 g/mol. The second-order valence-electron chi connectivity index (χ2n) is 19.7. The minimum absolute atomic E-state index is 0.00635. The third-order valence-electron chi connectivity index (χ3n) is 15.2. The Morgan fingerprint density at radius 2 is 0.649 bits per heavy atom. The lowest BCUT2D eigenvalue weighted by atomic mass is 9.87. The van der Waals surface area contributed by atoms with Gasteiger partial charge in [-0.3, -0.25) is 9.11 Å². The van der Waals surface area contributed by atoms with Crippen LogP contribution in [0.3, 0.4) is 0 Å². The van der Waals surface area contributed by atoms with Crippen molar-refractivity contribution in [1.82, 2.24) is 9.11 Å². The summed E-state index contributed by atoms with van der Waals surface area (Å²) in [6.45, 7) is 1.42. The van der Waals surface area contributed by atoms with E-state index in [1.54, 1.807) is 24.3 Å². The molecule has 1 aliphatic heterocycles. The van der Waals surface area contributed by atoms with Gasteiger partial charge >= 0.3 is 0 Å². The average molecular weight is 1040 g/mol. The molecule has 0 amide bonds. The van der Waals surface area contributed by atoms with Gasteiger partial charge in [-0.1, -0.05) is 196 Å². The Kier molecular flexibility index (Phi) is 18.0. The number of hydrogen-bond donors (Lipinski definition) is 0. The highest BCUT2D eigenvalue weighted by molar-refractivity contribution is 7.79. The van der Waals surface area contributed by atoms with Gasteiger partial charge in [0.05, 0.1) is 0 Å². The van der Waals surface area contributed by atoms with Crippen LogP contribution in [0.5, 0.6) is 0 Å². The van der Waals surface area contributed by atoms with E-state index in [-0.39, 0.29) is 52.5 Å². The molecule has 0 bridgehead atoms. The molecule has 2 nitrogen and oxygen atoms in total. The highest BCUT2D eigenvalue weighted by Crippen LogP contribution is 2.76. The molecule has 0 unspecified atom stereocenters. The first-order valence-corrected chi connectivity index (χ1v) is 30.6. The minimum atomic E-state index is -1.61. The number of unbranched alkanes of at least 4 members (excludes halogenated alkanes) is 5. The zero-order chi connectivity index (χ0) is 50.6. The maximum Gasteiger partial charge on any atom is 0.132 e. The molecule has 1 saturated heterocycles. The summed E-state index contributed by atoms with van der Waals surface area (Å²) in [7, 11) is -4.15. The van der Waals surface area contributed by atoms with Crippen molar-refractivity contribution in [3.05, 3.63) is 264 Å². The van der Waals surface area contributed by atoms with E-state index in [4.69, 9.17) is 0 Å². The molecule has 1 saturated carbocycles. The van der Waals surface area contributed by atoms with Gasteiger partial charge in [-0.05, 0) is 117 Å². The first kappa shape index (κ1) is 52.1. The lowest BCUT2D eigenvalue weighted by molar-refractivity contribution is 0.293. The van der Waals surface area contributed by atoms with Crippen molar-refractivity contribution < 1.29 is 17.6 Å². The zero-order valence-corrected chi connectivity index (χ0v) is 44.6. The molecule has 0 aromatic heterocycles. The predicted molar refractivity (Wildman–Crippen MR) is 305 cm³/mol. The van der Waals surface area contributed by atoms with Crippen LogP contribution < -0.4 is 21.2 Å². The van der Waals surface area contributed by atoms with Gasteiger partial charge in [0.15, 0.2) is 0 Å². The number of halogens is 4. The summed E-state index contributed by atoms with van der Waals surface area (Å²) in [6.07, 6.45) is 9.70. The lowest BCUT2D eigenvalue weighted by Gasteiger charge is -2.43. The topological polar surface area (TPSA) is 6.48 Å². The van der Waals surface area contributed by atoms with E-state index < -0.39 is 24.2 Å². The van der Waals surface area contributed by atoms with Crippen molar-refractivity contribution in [3.8, 4) is 0 Å². The monoisotopic (exact) mass is 1040 g/mol. The van der Waals surface area contributed by atoms with Gasteiger partial charge in [0.1, 0.15) is 23.3 Å². The van der Waals surface area contributed by atoms with E-state index in [1.807, 2.05) is 48.5 Å². The summed E-state index contributed by atoms with van der Waals surface area (Å²) in [5.41, 5.74) is 5.61. The van der Waals surface area contributed by atoms with Crippen LogP contribution in [0.4, 0.5) is 17.6 Å². The number of hydrogen-bond acceptors (Lipinski definition) is 2. The van der Waals surface area contributed by atoms with Gasteiger partial charge in [0.2, 0.25) is 0 Å². The maximum absolute atomic E-state index is 16.4. The maximum atomic E-state index is 16.4. The molecule has 0 spiro atoms. The number of rotatable bonds is 21. The zero-order valence-electron chi connectivity index (χ0n) is 41.9. The van der Waals surface area contributed by atoms with E-state index in [1.165, 1.54) is 46.5 Å². The van der Waals surface area contributed by atoms with Gasteiger partial charge in [-0.2, -0.15) is 0 Å². The molecule has 0 N–H and O–H groups in total. The van der Waals surface area contributed by atoms with Gasteiger partial charge in [-0.25, -0.2) is 17.6 Å². The third kappa shape index (κ3) is 11.9. The van der Waals surface area contributed by atoms with E-state index in [2.05, 4.69) is 130 Å². The third-order valence-corrected chi connectivity index (χ3v) is 24.4. The number of benzene rings is 8. The smallest absolute Gasteiger partial charge is 0.132 e. The summed E-state index contributed by atoms with van der Waals surface area (Å²) in [5, 5.41) is 2.26. The molecule has 2 aliphatic rings. The van der Waals surface area contributed by atoms with E-state index in [0.717, 1.165) is 70.8 Å². The van der Waals surface area contributed by atoms with E-state index in [0.29, 0.717) is 27.8 Å². The largest absolute Gasteiger partial charge is 0.270 e. The Hall–Kier alpha value is -5.31. The molecule has 1 heterocycles. The first-order valence-electron chi connectivity index (χ1n) is 26.6. The molecule has 10 rings (SSSR count). The highest BCUT2D eigenvalue weighted by Gasteiger charge is 2.47. The SMILES string of the molecule is Fc1ccccc1P(c1ccccc1F)N(CCCCCCCCN(P(c1ccccc1F)c1ccccc1F)P1[C@@H](c2ccccc2)CC[C@@H]1c1ccccc1)C1[C@H](c2ccccc2)CC[C@H]1c1ccccc1. The lowest BCUT2D eigenvalue weighted by Crippen LogP contribution is -2.43. The second kappa shape index (κ2) is 25.5. The van der Waals surface area contributed by atoms with Crippen LogP contribution in [0, 0.1) is 23.3 Å². The van der Waals surface area contributed by atoms with Crippen LogP contribution in [-0.4, -0.2) is 28.2 Å². The van der Waals surface area contributed by atoms with Crippen LogP contribution in [0.25, 0.3) is 0 Å². The predicted octanol–water partition coefficient (Wildman–Crippen LogP) is 17.0. The van der Waals surface area contributed by atoms with E-state index in [9.17, 15) is 0 Å². The van der Waals surface area contributed by atoms with Gasteiger partial charge in [-0.15, -0.1) is 0 Å². The molecule has 378 valence electrons. The first-order chi connectivity index (χ1) is 36.5. The fourth-order valence-electron chi connectivity index (χ4n) is 11.8. The Morgan fingerprint density at radius 3 is 1.03 bits per heavy atom. The van der Waals surface area contributed by atoms with Crippen LogP contribution in [0.1, 0.15) is 110 Å². The van der Waals surface area contributed by atoms with Gasteiger partial charge < -0.3 is 0 Å². The molecule has 74 heavy (non-hydrogen) atoms. The average Bonchev–Trinajstić information content (AvgIpc) is 4.10. The molecule has 1 aliphatic carbocycles. The Labute approximate surface area is 440 Å². The molecule has 0 radical (unpaired) electrons. The fourth-order valence-corrected chi connectivity index (χ4v) is 22.1. The summed E-state index contributed by atoms with van der Waals surface area (Å²) in [4.78, 5) is 0. The molecule has 8 aromatic rings. The summed E-state index contributed by atoms with van der Waals surface area (Å²) in [6, 6.07) is 71.2. The molecule has 9 heteroatoms. The van der Waals surface area contributed by atoms with Crippen molar-refractivity contribution in [3.63, 3.8) is 0 Å². The summed E-state index contributed by atoms with van der Waals surface area (Å²) < 4.78 is 70.7. The molecule has 4 atom stereocenters. The molecule has 8 aromatic carbocycles. The van der Waals surface area contributed by atoms with Crippen molar-refractivity contribution in [2.75, 3.05) is 13.1 Å². The van der Waals surface area contributed by atoms with Gasteiger partial charge in [0, 0.05) is 79.6 Å². The van der Waals surface area contributed by atoms with Crippen LogP contribution in [-0.2, 0) is 0 Å². The Morgan fingerprint density at radius 1 is 0.338 bits per heavy atom. The number of nitrogens with zero attached hydrogens (tertiary/aromatic N) is 2. The van der Waals surface area contributed by atoms with Gasteiger partial charge in [0.25, 0.3) is 0 Å². The normalized spacial score (nSPS) is 18.3. The van der Waals surface area contributed by atoms with Crippen LogP contribution in [0.2, 0.25) is 0 Å². The fraction of sp³-hybridized carbons (Fsp3) is 0.262.